The highest BCUT2D eigenvalue weighted by Gasteiger charge is 2.62. The molecule has 4 aliphatic carbocycles. The van der Waals surface area contributed by atoms with Crippen LogP contribution < -0.4 is 0 Å². The van der Waals surface area contributed by atoms with Crippen molar-refractivity contribution in [2.24, 2.45) is 40.4 Å². The van der Waals surface area contributed by atoms with Crippen molar-refractivity contribution in [2.45, 2.75) is 134 Å². The van der Waals surface area contributed by atoms with E-state index in [4.69, 9.17) is 9.47 Å². The van der Waals surface area contributed by atoms with Crippen LogP contribution in [-0.4, -0.2) is 102 Å². The van der Waals surface area contributed by atoms with Crippen LogP contribution in [0.5, 0.6) is 0 Å². The van der Waals surface area contributed by atoms with E-state index in [1.807, 2.05) is 0 Å². The number of hydrogen-bond donors (Lipinski definition) is 7. The maximum Gasteiger partial charge on any atom is 0.186 e. The van der Waals surface area contributed by atoms with E-state index in [2.05, 4.69) is 26.8 Å². The first-order valence-electron chi connectivity index (χ1n) is 16.4. The first-order chi connectivity index (χ1) is 20.4. The van der Waals surface area contributed by atoms with Gasteiger partial charge in [-0.2, -0.15) is 0 Å². The lowest BCUT2D eigenvalue weighted by atomic mass is 9.46. The summed E-state index contributed by atoms with van der Waals surface area (Å²) in [6, 6.07) is 0. The van der Waals surface area contributed by atoms with E-state index in [-0.39, 0.29) is 52.6 Å². The predicted octanol–water partition coefficient (Wildman–Crippen LogP) is 1.61. The van der Waals surface area contributed by atoms with Gasteiger partial charge in [0, 0.05) is 11.8 Å². The maximum atomic E-state index is 12.2. The van der Waals surface area contributed by atoms with E-state index in [0.717, 1.165) is 31.3 Å². The largest absolute Gasteiger partial charge is 0.394 e. The fourth-order valence-corrected chi connectivity index (χ4v) is 9.69. The number of hydrogen-bond acceptors (Lipinski definition) is 10. The summed E-state index contributed by atoms with van der Waals surface area (Å²) in [5.74, 6) is 0.408. The normalized spacial score (nSPS) is 46.8. The van der Waals surface area contributed by atoms with Crippen molar-refractivity contribution in [3.63, 3.8) is 0 Å². The van der Waals surface area contributed by atoms with Crippen molar-refractivity contribution in [2.75, 3.05) is 6.61 Å². The molecule has 5 aliphatic rings. The third-order valence-electron chi connectivity index (χ3n) is 12.9. The third-order valence-corrected chi connectivity index (χ3v) is 12.9. The average Bonchev–Trinajstić information content (AvgIpc) is 3.29. The van der Waals surface area contributed by atoms with E-state index in [9.17, 15) is 40.5 Å². The van der Waals surface area contributed by atoms with Gasteiger partial charge in [-0.3, -0.25) is 4.79 Å². The van der Waals surface area contributed by atoms with E-state index in [1.165, 1.54) is 13.8 Å². The Balaban J connectivity index is 1.43. The Morgan fingerprint density at radius 2 is 1.70 bits per heavy atom. The number of aliphatic hydroxyl groups excluding tert-OH is 5. The number of carbonyl (C=O) groups excluding carboxylic acids is 1. The second-order valence-electron chi connectivity index (χ2n) is 15.7. The Morgan fingerprint density at radius 3 is 2.34 bits per heavy atom. The Morgan fingerprint density at radius 1 is 1.02 bits per heavy atom. The lowest BCUT2D eigenvalue weighted by Crippen LogP contribution is -2.61. The molecule has 1 saturated heterocycles. The molecule has 3 saturated carbocycles. The van der Waals surface area contributed by atoms with Gasteiger partial charge < -0.3 is 45.2 Å². The maximum absolute atomic E-state index is 12.2. The molecule has 0 aromatic carbocycles. The molecule has 4 fully saturated rings. The molecule has 0 spiro atoms. The smallest absolute Gasteiger partial charge is 0.186 e. The van der Waals surface area contributed by atoms with Crippen LogP contribution in [0, 0.1) is 40.4 Å². The molecule has 5 rings (SSSR count). The van der Waals surface area contributed by atoms with Crippen LogP contribution in [0.15, 0.2) is 23.8 Å². The highest BCUT2D eigenvalue weighted by Crippen LogP contribution is 2.67. The van der Waals surface area contributed by atoms with Gasteiger partial charge in [0.2, 0.25) is 0 Å². The molecule has 10 nitrogen and oxygen atoms in total. The summed E-state index contributed by atoms with van der Waals surface area (Å²) in [5, 5.41) is 75.0. The fraction of sp³-hybridized carbons (Fsp3) is 0.853. The molecule has 0 unspecified atom stereocenters. The van der Waals surface area contributed by atoms with Gasteiger partial charge in [0.05, 0.1) is 30.0 Å². The van der Waals surface area contributed by atoms with Crippen LogP contribution in [-0.2, 0) is 14.3 Å². The minimum absolute atomic E-state index is 0.00363. The lowest BCUT2D eigenvalue weighted by molar-refractivity contribution is -0.320. The summed E-state index contributed by atoms with van der Waals surface area (Å²) in [4.78, 5) is 12.2. The number of fused-ring (bicyclic) bond motifs is 5. The summed E-state index contributed by atoms with van der Waals surface area (Å²) >= 11 is 0. The highest BCUT2D eigenvalue weighted by atomic mass is 16.7. The monoisotopic (exact) mass is 622 g/mol. The first kappa shape index (κ1) is 34.1. The summed E-state index contributed by atoms with van der Waals surface area (Å²) in [5.41, 5.74) is -2.47. The van der Waals surface area contributed by atoms with Gasteiger partial charge in [-0.15, -0.1) is 0 Å². The number of allylic oxidation sites excluding steroid dienone is 3. The standard InChI is InChI=1S/C34H54O10/c1-17(24(15-34(6,42)31(2,3)41)43-30-29(40)28(39)27(38)25(16-35)44-30)20-7-8-21-26-22(10-12-33(20,21)5)32(4)11-9-19(36)13-18(32)14-23(26)37/h9,11,13,17,20-30,35,37-42H,7-8,10,12,14-16H2,1-6H3/t17-,20+,21-,22-,23+,24+,25+,26-,27+,28-,29+,30+,32-,33+,34+/m0/s1. The van der Waals surface area contributed by atoms with Crippen LogP contribution in [0.4, 0.5) is 0 Å². The number of ketones is 1. The molecule has 250 valence electrons. The molecule has 1 aliphatic heterocycles. The Kier molecular flexibility index (Phi) is 9.15. The predicted molar refractivity (Wildman–Crippen MR) is 161 cm³/mol. The van der Waals surface area contributed by atoms with Crippen molar-refractivity contribution in [1.29, 1.82) is 0 Å². The van der Waals surface area contributed by atoms with E-state index < -0.39 is 60.7 Å². The molecule has 15 atom stereocenters. The molecule has 10 heteroatoms. The van der Waals surface area contributed by atoms with Crippen LogP contribution >= 0.6 is 0 Å². The summed E-state index contributed by atoms with van der Waals surface area (Å²) < 4.78 is 12.1. The Hall–Kier alpha value is -1.21. The minimum Gasteiger partial charge on any atom is -0.394 e. The zero-order valence-corrected chi connectivity index (χ0v) is 27.0. The summed E-state index contributed by atoms with van der Waals surface area (Å²) in [6.07, 6.45) is 1.01. The molecular formula is C34H54O10. The van der Waals surface area contributed by atoms with Crippen LogP contribution in [0.3, 0.4) is 0 Å². The summed E-state index contributed by atoms with van der Waals surface area (Å²) in [7, 11) is 0. The topological polar surface area (TPSA) is 177 Å². The highest BCUT2D eigenvalue weighted by molar-refractivity contribution is 6.01. The van der Waals surface area contributed by atoms with Crippen molar-refractivity contribution >= 4 is 5.78 Å². The molecule has 7 N–H and O–H groups in total. The first-order valence-corrected chi connectivity index (χ1v) is 16.4. The van der Waals surface area contributed by atoms with Gasteiger partial charge in [0.1, 0.15) is 24.4 Å². The molecule has 0 aromatic heterocycles. The average molecular weight is 623 g/mol. The van der Waals surface area contributed by atoms with Crippen molar-refractivity contribution in [3.8, 4) is 0 Å². The second kappa shape index (κ2) is 11.8. The molecule has 0 radical (unpaired) electrons. The van der Waals surface area contributed by atoms with Gasteiger partial charge in [-0.25, -0.2) is 0 Å². The van der Waals surface area contributed by atoms with Crippen molar-refractivity contribution in [1.82, 2.24) is 0 Å². The van der Waals surface area contributed by atoms with Crippen molar-refractivity contribution < 1.29 is 50.0 Å². The molecule has 0 bridgehead atoms. The van der Waals surface area contributed by atoms with Crippen LogP contribution in [0.1, 0.15) is 80.1 Å². The molecule has 0 amide bonds. The zero-order valence-electron chi connectivity index (χ0n) is 27.0. The van der Waals surface area contributed by atoms with Gasteiger partial charge >= 0.3 is 0 Å². The summed E-state index contributed by atoms with van der Waals surface area (Å²) in [6.45, 7) is 10.6. The zero-order chi connectivity index (χ0) is 32.6. The van der Waals surface area contributed by atoms with E-state index in [1.54, 1.807) is 19.1 Å². The van der Waals surface area contributed by atoms with Gasteiger partial charge in [-0.1, -0.05) is 32.4 Å². The van der Waals surface area contributed by atoms with Gasteiger partial charge in [0.15, 0.2) is 12.1 Å². The quantitative estimate of drug-likeness (QED) is 0.211. The Bertz CT molecular complexity index is 1140. The molecule has 1 heterocycles. The third kappa shape index (κ3) is 5.56. The van der Waals surface area contributed by atoms with E-state index in [0.29, 0.717) is 6.42 Å². The van der Waals surface area contributed by atoms with Gasteiger partial charge in [0.25, 0.3) is 0 Å². The fourth-order valence-electron chi connectivity index (χ4n) is 9.69. The SMILES string of the molecule is C[C@@H]([C@H]1CC[C@H]2[C@@H]3[C@H](O)CC4=CC(=O)C=C[C@]4(C)[C@H]3CC[C@]12C)[C@@H](C[C@@](C)(O)C(C)(C)O)O[C@@H]1O[C@H](CO)[C@@H](O)[C@H](O)[C@H]1O. The van der Waals surface area contributed by atoms with Crippen molar-refractivity contribution in [3.05, 3.63) is 23.8 Å². The molecule has 0 aromatic rings. The molecular weight excluding hydrogens is 568 g/mol. The van der Waals surface area contributed by atoms with Crippen LogP contribution in [0.25, 0.3) is 0 Å². The lowest BCUT2D eigenvalue weighted by Gasteiger charge is -2.59. The van der Waals surface area contributed by atoms with Crippen LogP contribution in [0.2, 0.25) is 0 Å². The van der Waals surface area contributed by atoms with Gasteiger partial charge in [-0.05, 0) is 100 Å². The number of carbonyl (C=O) groups is 1. The number of rotatable bonds is 8. The second-order valence-corrected chi connectivity index (χ2v) is 15.7. The Labute approximate surface area is 260 Å². The van der Waals surface area contributed by atoms with E-state index >= 15 is 0 Å². The minimum atomic E-state index is -1.60. The molecule has 44 heavy (non-hydrogen) atoms. The number of aliphatic hydroxyl groups is 7. The number of ether oxygens (including phenoxy) is 2.